The van der Waals surface area contributed by atoms with Gasteiger partial charge in [0.15, 0.2) is 5.43 Å². The lowest BCUT2D eigenvalue weighted by atomic mass is 10.1. The van der Waals surface area contributed by atoms with Gasteiger partial charge in [-0.2, -0.15) is 5.32 Å². The van der Waals surface area contributed by atoms with Crippen molar-refractivity contribution >= 4 is 22.6 Å². The van der Waals surface area contributed by atoms with Crippen molar-refractivity contribution in [3.8, 4) is 0 Å². The third-order valence-electron chi connectivity index (χ3n) is 4.17. The molecule has 1 aliphatic heterocycles. The summed E-state index contributed by atoms with van der Waals surface area (Å²) >= 11 is 0. The Bertz CT molecular complexity index is 825. The number of hydrogen-bond acceptors (Lipinski definition) is 5. The van der Waals surface area contributed by atoms with Gasteiger partial charge < -0.3 is 19.4 Å². The summed E-state index contributed by atoms with van der Waals surface area (Å²) < 4.78 is 16.1. The number of aromatic carboxylic acids is 1. The normalized spacial score (nSPS) is 15.1. The molecule has 0 aliphatic carbocycles. The van der Waals surface area contributed by atoms with Crippen LogP contribution in [0.2, 0.25) is 0 Å². The first-order valence-electron chi connectivity index (χ1n) is 7.56. The summed E-state index contributed by atoms with van der Waals surface area (Å²) in [5, 5.41) is 14.4. The van der Waals surface area contributed by atoms with Gasteiger partial charge in [-0.3, -0.25) is 4.79 Å². The zero-order valence-corrected chi connectivity index (χ0v) is 12.8. The van der Waals surface area contributed by atoms with E-state index in [1.54, 1.807) is 10.6 Å². The number of pyridine rings is 1. The van der Waals surface area contributed by atoms with Crippen LogP contribution in [0.25, 0.3) is 10.9 Å². The van der Waals surface area contributed by atoms with Crippen LogP contribution in [0.5, 0.6) is 0 Å². The standard InChI is InChI=1S/C16H18FN3O3/c1-2-19-9-11(16(22)23)15(21)10-7-12(17)14(8-13(10)19)20-5-3-18-4-6-20/h7-9,18H,2-6H2,1H3,(H,22,23)/q+1/p-1. The summed E-state index contributed by atoms with van der Waals surface area (Å²) in [6.45, 7) is 5.18. The maximum atomic E-state index is 14.5. The van der Waals surface area contributed by atoms with Crippen LogP contribution < -0.4 is 20.8 Å². The maximum Gasteiger partial charge on any atom is 0.198 e. The van der Waals surface area contributed by atoms with E-state index in [9.17, 15) is 19.1 Å². The molecule has 2 aromatic rings. The van der Waals surface area contributed by atoms with Gasteiger partial charge in [0, 0.05) is 18.1 Å². The van der Waals surface area contributed by atoms with Crippen molar-refractivity contribution in [1.29, 1.82) is 0 Å². The number of carbonyl (C=O) groups excluding carboxylic acids is 1. The number of hydrogen-bond donors (Lipinski definition) is 1. The summed E-state index contributed by atoms with van der Waals surface area (Å²) in [6, 6.07) is 2.76. The Balaban J connectivity index is 2.24. The fourth-order valence-corrected chi connectivity index (χ4v) is 2.95. The smallest absolute Gasteiger partial charge is 0.198 e. The number of piperazine rings is 1. The molecular weight excluding hydrogens is 301 g/mol. The average molecular weight is 318 g/mol. The minimum Gasteiger partial charge on any atom is -0.545 e. The van der Waals surface area contributed by atoms with E-state index in [-0.39, 0.29) is 5.39 Å². The number of nitrogens with zero attached hydrogens (tertiary/aromatic N) is 2. The average Bonchev–Trinajstić information content (AvgIpc) is 2.55. The van der Waals surface area contributed by atoms with Crippen LogP contribution in [-0.4, -0.2) is 36.7 Å². The molecule has 23 heavy (non-hydrogen) atoms. The first-order valence-corrected chi connectivity index (χ1v) is 7.56. The summed E-state index contributed by atoms with van der Waals surface area (Å²) in [4.78, 5) is 25.3. The van der Waals surface area contributed by atoms with E-state index < -0.39 is 22.8 Å². The zero-order valence-electron chi connectivity index (χ0n) is 12.8. The lowest BCUT2D eigenvalue weighted by Gasteiger charge is -2.26. The molecule has 1 aromatic heterocycles. The highest BCUT2D eigenvalue weighted by molar-refractivity contribution is 5.92. The van der Waals surface area contributed by atoms with E-state index in [2.05, 4.69) is 5.32 Å². The number of anilines is 1. The Hall–Kier alpha value is -2.41. The molecular formula is C16H17FN3O3. The van der Waals surface area contributed by atoms with Gasteiger partial charge in [-0.1, -0.05) is 0 Å². The molecule has 0 bridgehead atoms. The highest BCUT2D eigenvalue weighted by atomic mass is 19.1. The number of halogens is 1. The molecule has 0 saturated carbocycles. The van der Waals surface area contributed by atoms with Gasteiger partial charge in [0.2, 0.25) is 0 Å². The summed E-state index contributed by atoms with van der Waals surface area (Å²) in [6.07, 6.45) is 1.26. The van der Waals surface area contributed by atoms with E-state index in [1.807, 2.05) is 11.8 Å². The van der Waals surface area contributed by atoms with Crippen molar-refractivity contribution in [2.75, 3.05) is 31.1 Å². The van der Waals surface area contributed by atoms with E-state index in [0.717, 1.165) is 19.2 Å². The number of nitrogens with one attached hydrogen (secondary N) is 1. The molecule has 0 amide bonds. The Morgan fingerprint density at radius 3 is 2.65 bits per heavy atom. The van der Waals surface area contributed by atoms with E-state index in [4.69, 9.17) is 0 Å². The Kier molecular flexibility index (Phi) is 4.04. The molecule has 7 heteroatoms. The minimum absolute atomic E-state index is 0.0601. The fraction of sp³-hybridized carbons (Fsp3) is 0.375. The highest BCUT2D eigenvalue weighted by Crippen LogP contribution is 2.25. The third kappa shape index (κ3) is 2.68. The highest BCUT2D eigenvalue weighted by Gasteiger charge is 2.20. The Morgan fingerprint density at radius 2 is 2.04 bits per heavy atom. The Morgan fingerprint density at radius 1 is 1.35 bits per heavy atom. The quantitative estimate of drug-likeness (QED) is 0.762. The molecule has 1 aromatic carbocycles. The lowest BCUT2D eigenvalue weighted by Crippen LogP contribution is -2.89. The van der Waals surface area contributed by atoms with Crippen LogP contribution in [0.1, 0.15) is 17.3 Å². The van der Waals surface area contributed by atoms with Crippen molar-refractivity contribution < 1.29 is 19.6 Å². The minimum atomic E-state index is -1.55. The number of carboxylic acids is 1. The maximum absolute atomic E-state index is 14.5. The molecule has 1 radical (unpaired) electrons. The molecule has 1 aliphatic rings. The first kappa shape index (κ1) is 15.5. The molecule has 0 spiro atoms. The van der Waals surface area contributed by atoms with Crippen LogP contribution in [0, 0.1) is 5.82 Å². The van der Waals surface area contributed by atoms with Crippen molar-refractivity contribution in [3.63, 3.8) is 0 Å². The number of carbonyl (C=O) groups is 1. The van der Waals surface area contributed by atoms with Crippen LogP contribution in [0.4, 0.5) is 10.1 Å². The topological polar surface area (TPSA) is 81.0 Å². The van der Waals surface area contributed by atoms with Gasteiger partial charge in [-0.05, 0) is 19.1 Å². The van der Waals surface area contributed by atoms with Crippen molar-refractivity contribution in [2.24, 2.45) is 0 Å². The van der Waals surface area contributed by atoms with Crippen LogP contribution in [0.3, 0.4) is 0 Å². The molecule has 3 rings (SSSR count). The molecule has 1 saturated heterocycles. The molecule has 0 atom stereocenters. The predicted octanol–water partition coefficient (Wildman–Crippen LogP) is -1.31. The van der Waals surface area contributed by atoms with Crippen molar-refractivity contribution in [1.82, 2.24) is 4.57 Å². The number of carboxylic acid groups (broad SMARTS) is 1. The predicted molar refractivity (Wildman–Crippen MR) is 81.1 cm³/mol. The van der Waals surface area contributed by atoms with Gasteiger partial charge in [-0.25, -0.2) is 4.39 Å². The zero-order chi connectivity index (χ0) is 16.6. The van der Waals surface area contributed by atoms with Gasteiger partial charge in [-0.15, -0.1) is 0 Å². The fourth-order valence-electron chi connectivity index (χ4n) is 2.95. The van der Waals surface area contributed by atoms with Crippen molar-refractivity contribution in [3.05, 3.63) is 39.9 Å². The Labute approximate surface area is 132 Å². The summed E-state index contributed by atoms with van der Waals surface area (Å²) in [5.74, 6) is -2.07. The molecule has 1 fully saturated rings. The number of rotatable bonds is 3. The monoisotopic (exact) mass is 318 g/mol. The van der Waals surface area contributed by atoms with E-state index in [0.29, 0.717) is 30.8 Å². The second kappa shape index (κ2) is 6.00. The number of fused-ring (bicyclic) bond motifs is 1. The summed E-state index contributed by atoms with van der Waals surface area (Å²) in [7, 11) is 0. The molecule has 0 unspecified atom stereocenters. The third-order valence-corrected chi connectivity index (χ3v) is 4.17. The summed E-state index contributed by atoms with van der Waals surface area (Å²) in [5.41, 5.74) is -0.205. The largest absolute Gasteiger partial charge is 0.545 e. The number of benzene rings is 1. The van der Waals surface area contributed by atoms with Gasteiger partial charge >= 0.3 is 0 Å². The van der Waals surface area contributed by atoms with E-state index in [1.165, 1.54) is 6.20 Å². The van der Waals surface area contributed by atoms with Crippen molar-refractivity contribution in [2.45, 2.75) is 13.5 Å². The van der Waals surface area contributed by atoms with Crippen LogP contribution in [-0.2, 0) is 6.54 Å². The molecule has 1 N–H and O–H groups in total. The second-order valence-electron chi connectivity index (χ2n) is 5.50. The SMILES string of the molecule is CCn1cc(C(=O)[O-])c(=O)c2cc(F)c(N3CC[NH+]CC3)cc21. The molecule has 121 valence electrons. The number of aryl methyl sites for hydroxylation is 1. The van der Waals surface area contributed by atoms with Crippen LogP contribution in [0.15, 0.2) is 23.1 Å². The second-order valence-corrected chi connectivity index (χ2v) is 5.50. The van der Waals surface area contributed by atoms with Gasteiger partial charge in [0.1, 0.15) is 18.9 Å². The molecule has 6 nitrogen and oxygen atoms in total. The number of aromatic nitrogens is 1. The van der Waals surface area contributed by atoms with Gasteiger partial charge in [0.05, 0.1) is 35.8 Å². The van der Waals surface area contributed by atoms with Gasteiger partial charge in [0.25, 0.3) is 0 Å². The van der Waals surface area contributed by atoms with E-state index >= 15 is 0 Å². The van der Waals surface area contributed by atoms with Crippen LogP contribution >= 0.6 is 0 Å². The molecule has 2 heterocycles. The lowest BCUT2D eigenvalue weighted by molar-refractivity contribution is -0.655. The first-order chi connectivity index (χ1) is 11.0.